The lowest BCUT2D eigenvalue weighted by molar-refractivity contribution is -0.858. The van der Waals surface area contributed by atoms with Gasteiger partial charge in [-0.1, -0.05) is 6.92 Å². The van der Waals surface area contributed by atoms with Gasteiger partial charge in [-0.05, 0) is 30.7 Å². The quantitative estimate of drug-likeness (QED) is 0.350. The molecule has 132 valence electrons. The first-order valence-corrected chi connectivity index (χ1v) is 8.09. The first-order valence-electron chi connectivity index (χ1n) is 8.09. The van der Waals surface area contributed by atoms with Crippen molar-refractivity contribution in [3.63, 3.8) is 0 Å². The SMILES string of the molecule is CCCOC(=O)c1ccc(NC(=O)C(=O)NCCC[NH+](C)C)cc1. The first kappa shape index (κ1) is 19.6. The molecule has 2 amide bonds. The van der Waals surface area contributed by atoms with Gasteiger partial charge in [0.2, 0.25) is 0 Å². The second kappa shape index (κ2) is 10.4. The molecular formula is C17H26N3O4+. The number of ether oxygens (including phenoxy) is 1. The summed E-state index contributed by atoms with van der Waals surface area (Å²) in [5.41, 5.74) is 0.844. The molecule has 0 saturated heterocycles. The Morgan fingerprint density at radius 3 is 2.33 bits per heavy atom. The lowest BCUT2D eigenvalue weighted by atomic mass is 10.2. The summed E-state index contributed by atoms with van der Waals surface area (Å²) in [6, 6.07) is 6.21. The molecule has 0 aliphatic heterocycles. The van der Waals surface area contributed by atoms with Crippen LogP contribution in [-0.2, 0) is 14.3 Å². The third kappa shape index (κ3) is 7.23. The van der Waals surface area contributed by atoms with Crippen LogP contribution in [-0.4, -0.2) is 51.6 Å². The number of carbonyl (C=O) groups excluding carboxylic acids is 3. The van der Waals surface area contributed by atoms with Gasteiger partial charge < -0.3 is 20.3 Å². The molecule has 0 spiro atoms. The summed E-state index contributed by atoms with van der Waals surface area (Å²) in [7, 11) is 4.05. The van der Waals surface area contributed by atoms with Crippen LogP contribution < -0.4 is 15.5 Å². The number of rotatable bonds is 8. The molecule has 3 N–H and O–H groups in total. The van der Waals surface area contributed by atoms with Crippen LogP contribution >= 0.6 is 0 Å². The number of quaternary nitrogens is 1. The van der Waals surface area contributed by atoms with E-state index in [1.807, 2.05) is 21.0 Å². The summed E-state index contributed by atoms with van der Waals surface area (Å²) in [6.45, 7) is 3.66. The molecule has 0 saturated carbocycles. The van der Waals surface area contributed by atoms with Crippen LogP contribution in [0.1, 0.15) is 30.1 Å². The number of nitrogens with one attached hydrogen (secondary N) is 3. The Kier molecular flexibility index (Phi) is 8.49. The largest absolute Gasteiger partial charge is 0.462 e. The van der Waals surface area contributed by atoms with E-state index in [-0.39, 0.29) is 0 Å². The van der Waals surface area contributed by atoms with Gasteiger partial charge in [-0.3, -0.25) is 9.59 Å². The standard InChI is InChI=1S/C17H25N3O4/c1-4-12-24-17(23)13-6-8-14(9-7-13)19-16(22)15(21)18-10-5-11-20(2)3/h6-9H,4-5,10-12H2,1-3H3,(H,18,21)(H,19,22)/p+1. The van der Waals surface area contributed by atoms with E-state index in [2.05, 4.69) is 10.6 Å². The Morgan fingerprint density at radius 1 is 1.08 bits per heavy atom. The van der Waals surface area contributed by atoms with Crippen molar-refractivity contribution in [2.24, 2.45) is 0 Å². The summed E-state index contributed by atoms with van der Waals surface area (Å²) in [5, 5.41) is 5.06. The predicted octanol–water partition coefficient (Wildman–Crippen LogP) is -0.157. The lowest BCUT2D eigenvalue weighted by Crippen LogP contribution is -3.05. The maximum Gasteiger partial charge on any atom is 0.338 e. The molecule has 24 heavy (non-hydrogen) atoms. The topological polar surface area (TPSA) is 88.9 Å². The van der Waals surface area contributed by atoms with Crippen molar-refractivity contribution in [1.82, 2.24) is 5.32 Å². The maximum atomic E-state index is 11.8. The monoisotopic (exact) mass is 336 g/mol. The van der Waals surface area contributed by atoms with Crippen molar-refractivity contribution in [3.05, 3.63) is 29.8 Å². The van der Waals surface area contributed by atoms with Crippen LogP contribution in [0.2, 0.25) is 0 Å². The second-order valence-electron chi connectivity index (χ2n) is 5.73. The number of hydrogen-bond acceptors (Lipinski definition) is 4. The van der Waals surface area contributed by atoms with Crippen molar-refractivity contribution < 1.29 is 24.0 Å². The molecule has 7 nitrogen and oxygen atoms in total. The molecule has 1 rings (SSSR count). The van der Waals surface area contributed by atoms with Crippen LogP contribution in [0.15, 0.2) is 24.3 Å². The third-order valence-electron chi connectivity index (χ3n) is 3.16. The van der Waals surface area contributed by atoms with Gasteiger partial charge in [-0.2, -0.15) is 0 Å². The van der Waals surface area contributed by atoms with Crippen molar-refractivity contribution in [3.8, 4) is 0 Å². The molecule has 0 unspecified atom stereocenters. The van der Waals surface area contributed by atoms with E-state index in [0.717, 1.165) is 19.4 Å². The van der Waals surface area contributed by atoms with Crippen molar-refractivity contribution in [2.45, 2.75) is 19.8 Å². The molecule has 0 aliphatic carbocycles. The van der Waals surface area contributed by atoms with Gasteiger partial charge >= 0.3 is 17.8 Å². The van der Waals surface area contributed by atoms with E-state index in [4.69, 9.17) is 4.74 Å². The summed E-state index contributed by atoms with van der Waals surface area (Å²) in [5.74, 6) is -1.81. The molecule has 7 heteroatoms. The number of anilines is 1. The Bertz CT molecular complexity index is 555. The minimum atomic E-state index is -0.728. The normalized spacial score (nSPS) is 10.3. The van der Waals surface area contributed by atoms with Gasteiger partial charge in [0.15, 0.2) is 0 Å². The van der Waals surface area contributed by atoms with Crippen LogP contribution in [0, 0.1) is 0 Å². The molecule has 0 bridgehead atoms. The molecular weight excluding hydrogens is 310 g/mol. The number of hydrogen-bond donors (Lipinski definition) is 3. The predicted molar refractivity (Wildman–Crippen MR) is 90.9 cm³/mol. The Balaban J connectivity index is 2.43. The summed E-state index contributed by atoms with van der Waals surface area (Å²) in [4.78, 5) is 36.4. The van der Waals surface area contributed by atoms with E-state index in [9.17, 15) is 14.4 Å². The molecule has 0 heterocycles. The Morgan fingerprint density at radius 2 is 1.75 bits per heavy atom. The summed E-state index contributed by atoms with van der Waals surface area (Å²) >= 11 is 0. The third-order valence-corrected chi connectivity index (χ3v) is 3.16. The molecule has 0 aromatic heterocycles. The highest BCUT2D eigenvalue weighted by Gasteiger charge is 2.14. The maximum absolute atomic E-state index is 11.8. The number of carbonyl (C=O) groups is 3. The highest BCUT2D eigenvalue weighted by atomic mass is 16.5. The van der Waals surface area contributed by atoms with E-state index < -0.39 is 17.8 Å². The molecule has 0 atom stereocenters. The highest BCUT2D eigenvalue weighted by Crippen LogP contribution is 2.10. The smallest absolute Gasteiger partial charge is 0.338 e. The Labute approximate surface area is 142 Å². The minimum Gasteiger partial charge on any atom is -0.462 e. The summed E-state index contributed by atoms with van der Waals surface area (Å²) in [6.07, 6.45) is 1.56. The Hall–Kier alpha value is -2.41. The first-order chi connectivity index (χ1) is 11.4. The average Bonchev–Trinajstić information content (AvgIpc) is 2.56. The zero-order chi connectivity index (χ0) is 17.9. The average molecular weight is 336 g/mol. The zero-order valence-corrected chi connectivity index (χ0v) is 14.5. The van der Waals surface area contributed by atoms with Crippen LogP contribution in [0.25, 0.3) is 0 Å². The molecule has 0 radical (unpaired) electrons. The molecule has 1 aromatic rings. The van der Waals surface area contributed by atoms with Crippen molar-refractivity contribution >= 4 is 23.5 Å². The van der Waals surface area contributed by atoms with Gasteiger partial charge in [-0.25, -0.2) is 4.79 Å². The van der Waals surface area contributed by atoms with Gasteiger partial charge in [0.25, 0.3) is 0 Å². The fourth-order valence-corrected chi connectivity index (χ4v) is 1.88. The molecule has 0 fully saturated rings. The van der Waals surface area contributed by atoms with E-state index in [1.165, 1.54) is 4.90 Å². The molecule has 0 aliphatic rings. The van der Waals surface area contributed by atoms with E-state index in [0.29, 0.717) is 24.4 Å². The lowest BCUT2D eigenvalue weighted by Gasteiger charge is -2.09. The summed E-state index contributed by atoms with van der Waals surface area (Å²) < 4.78 is 5.02. The fourth-order valence-electron chi connectivity index (χ4n) is 1.88. The van der Waals surface area contributed by atoms with Gasteiger partial charge in [0.05, 0.1) is 32.8 Å². The van der Waals surface area contributed by atoms with Crippen LogP contribution in [0.4, 0.5) is 5.69 Å². The van der Waals surface area contributed by atoms with E-state index >= 15 is 0 Å². The zero-order valence-electron chi connectivity index (χ0n) is 14.5. The van der Waals surface area contributed by atoms with E-state index in [1.54, 1.807) is 24.3 Å². The second-order valence-corrected chi connectivity index (χ2v) is 5.73. The van der Waals surface area contributed by atoms with Gasteiger partial charge in [0.1, 0.15) is 0 Å². The van der Waals surface area contributed by atoms with Crippen LogP contribution in [0.5, 0.6) is 0 Å². The van der Waals surface area contributed by atoms with Gasteiger partial charge in [0, 0.05) is 18.7 Å². The molecule has 1 aromatic carbocycles. The van der Waals surface area contributed by atoms with Crippen molar-refractivity contribution in [2.75, 3.05) is 39.1 Å². The number of amides is 2. The van der Waals surface area contributed by atoms with Crippen LogP contribution in [0.3, 0.4) is 0 Å². The number of esters is 1. The van der Waals surface area contributed by atoms with Crippen molar-refractivity contribution in [1.29, 1.82) is 0 Å². The van der Waals surface area contributed by atoms with Gasteiger partial charge in [-0.15, -0.1) is 0 Å². The minimum absolute atomic E-state index is 0.368. The fraction of sp³-hybridized carbons (Fsp3) is 0.471. The number of benzene rings is 1. The highest BCUT2D eigenvalue weighted by molar-refractivity contribution is 6.39.